The van der Waals surface area contributed by atoms with Gasteiger partial charge in [0.25, 0.3) is 0 Å². The number of aliphatic imine (C=N–C) groups is 1. The topological polar surface area (TPSA) is 24.8 Å². The summed E-state index contributed by atoms with van der Waals surface area (Å²) in [5.41, 5.74) is 4.63. The Balaban J connectivity index is 1.71. The molecule has 2 aromatic carbocycles. The Morgan fingerprint density at radius 1 is 1.04 bits per heavy atom. The van der Waals surface area contributed by atoms with Gasteiger partial charge >= 0.3 is 0 Å². The number of hydrogen-bond donors (Lipinski definition) is 0. The molecule has 3 heteroatoms. The van der Waals surface area contributed by atoms with Crippen LogP contribution in [0, 0.1) is 0 Å². The summed E-state index contributed by atoms with van der Waals surface area (Å²) in [7, 11) is 1.73. The second-order valence-electron chi connectivity index (χ2n) is 7.00. The minimum atomic E-state index is 0.886. The fourth-order valence-corrected chi connectivity index (χ4v) is 3.43. The average Bonchev–Trinajstić information content (AvgIpc) is 2.72. The first-order chi connectivity index (χ1) is 12.8. The zero-order valence-corrected chi connectivity index (χ0v) is 16.1. The first-order valence-corrected chi connectivity index (χ1v) is 9.86. The fraction of sp³-hybridized carbons (Fsp3) is 0.435. The van der Waals surface area contributed by atoms with Crippen molar-refractivity contribution in [3.05, 3.63) is 53.6 Å². The van der Waals surface area contributed by atoms with Crippen LogP contribution in [0.25, 0.3) is 0 Å². The van der Waals surface area contributed by atoms with E-state index < -0.39 is 0 Å². The van der Waals surface area contributed by atoms with Gasteiger partial charge in [-0.2, -0.15) is 0 Å². The molecule has 0 amide bonds. The summed E-state index contributed by atoms with van der Waals surface area (Å²) in [6.07, 6.45) is 9.41. The molecule has 0 atom stereocenters. The first kappa shape index (κ1) is 18.5. The van der Waals surface area contributed by atoms with Crippen LogP contribution in [0.1, 0.15) is 50.2 Å². The van der Waals surface area contributed by atoms with Crippen LogP contribution < -0.4 is 9.64 Å². The minimum absolute atomic E-state index is 0.886. The molecule has 1 fully saturated rings. The van der Waals surface area contributed by atoms with E-state index in [0.717, 1.165) is 36.5 Å². The van der Waals surface area contributed by atoms with Crippen LogP contribution in [0.15, 0.2) is 47.5 Å². The molecule has 1 aliphatic heterocycles. The molecule has 0 saturated carbocycles. The highest BCUT2D eigenvalue weighted by atomic mass is 16.5. The third-order valence-corrected chi connectivity index (χ3v) is 5.05. The molecule has 138 valence electrons. The van der Waals surface area contributed by atoms with Gasteiger partial charge in [-0.25, -0.2) is 0 Å². The maximum absolute atomic E-state index is 5.61. The molecule has 0 unspecified atom stereocenters. The Hall–Kier alpha value is -2.29. The van der Waals surface area contributed by atoms with Crippen molar-refractivity contribution in [1.82, 2.24) is 0 Å². The summed E-state index contributed by atoms with van der Waals surface area (Å²) in [5, 5.41) is 0. The molecule has 3 rings (SSSR count). The van der Waals surface area contributed by atoms with Gasteiger partial charge in [0, 0.05) is 36.6 Å². The van der Waals surface area contributed by atoms with Crippen molar-refractivity contribution >= 4 is 17.6 Å². The number of benzene rings is 2. The van der Waals surface area contributed by atoms with Gasteiger partial charge in [0.1, 0.15) is 5.75 Å². The van der Waals surface area contributed by atoms with E-state index in [4.69, 9.17) is 4.74 Å². The van der Waals surface area contributed by atoms with Crippen molar-refractivity contribution in [3.8, 4) is 5.75 Å². The minimum Gasteiger partial charge on any atom is -0.496 e. The lowest BCUT2D eigenvalue weighted by Crippen LogP contribution is -2.29. The summed E-state index contributed by atoms with van der Waals surface area (Å²) in [4.78, 5) is 7.08. The molecule has 1 saturated heterocycles. The SMILES string of the molecule is CCCCc1ccc(N=Cc2ccc(N3CCCCC3)cc2OC)cc1. The number of aryl methyl sites for hydroxylation is 1. The summed E-state index contributed by atoms with van der Waals surface area (Å²) in [5.74, 6) is 0.886. The lowest BCUT2D eigenvalue weighted by Gasteiger charge is -2.29. The molecule has 3 nitrogen and oxygen atoms in total. The quantitative estimate of drug-likeness (QED) is 0.591. The lowest BCUT2D eigenvalue weighted by atomic mass is 10.1. The molecule has 26 heavy (non-hydrogen) atoms. The van der Waals surface area contributed by atoms with Crippen LogP contribution in [0.2, 0.25) is 0 Å². The zero-order chi connectivity index (χ0) is 18.2. The van der Waals surface area contributed by atoms with E-state index in [9.17, 15) is 0 Å². The molecule has 0 radical (unpaired) electrons. The zero-order valence-electron chi connectivity index (χ0n) is 16.1. The normalized spacial score (nSPS) is 14.8. The van der Waals surface area contributed by atoms with Crippen LogP contribution in [-0.4, -0.2) is 26.4 Å². The number of rotatable bonds is 7. The van der Waals surface area contributed by atoms with E-state index in [0.29, 0.717) is 0 Å². The largest absolute Gasteiger partial charge is 0.496 e. The molecule has 0 spiro atoms. The Morgan fingerprint density at radius 2 is 1.81 bits per heavy atom. The van der Waals surface area contributed by atoms with Crippen LogP contribution in [0.3, 0.4) is 0 Å². The molecule has 0 N–H and O–H groups in total. The Bertz CT molecular complexity index is 715. The lowest BCUT2D eigenvalue weighted by molar-refractivity contribution is 0.414. The molecule has 1 aliphatic rings. The molecular weight excluding hydrogens is 320 g/mol. The van der Waals surface area contributed by atoms with Crippen LogP contribution in [-0.2, 0) is 6.42 Å². The number of hydrogen-bond acceptors (Lipinski definition) is 3. The van der Waals surface area contributed by atoms with Crippen molar-refractivity contribution in [1.29, 1.82) is 0 Å². The smallest absolute Gasteiger partial charge is 0.129 e. The van der Waals surface area contributed by atoms with Gasteiger partial charge in [0.15, 0.2) is 0 Å². The van der Waals surface area contributed by atoms with Gasteiger partial charge in [-0.1, -0.05) is 25.5 Å². The van der Waals surface area contributed by atoms with Gasteiger partial charge < -0.3 is 9.64 Å². The standard InChI is InChI=1S/C23H30N2O/c1-3-4-8-19-9-12-21(13-10-19)24-18-20-11-14-22(17-23(20)26-2)25-15-6-5-7-16-25/h9-14,17-18H,3-8,15-16H2,1-2H3. The second kappa shape index (κ2) is 9.42. The van der Waals surface area contributed by atoms with Gasteiger partial charge in [0.2, 0.25) is 0 Å². The van der Waals surface area contributed by atoms with E-state index in [1.54, 1.807) is 7.11 Å². The van der Waals surface area contributed by atoms with Crippen LogP contribution >= 0.6 is 0 Å². The van der Waals surface area contributed by atoms with Crippen molar-refractivity contribution < 1.29 is 4.74 Å². The molecule has 2 aromatic rings. The van der Waals surface area contributed by atoms with Gasteiger partial charge in [-0.15, -0.1) is 0 Å². The average molecular weight is 351 g/mol. The van der Waals surface area contributed by atoms with E-state index in [1.165, 1.54) is 43.4 Å². The first-order valence-electron chi connectivity index (χ1n) is 9.86. The highest BCUT2D eigenvalue weighted by Gasteiger charge is 2.12. The van der Waals surface area contributed by atoms with Crippen molar-refractivity contribution in [2.75, 3.05) is 25.1 Å². The summed E-state index contributed by atoms with van der Waals surface area (Å²) in [6.45, 7) is 4.50. The number of unbranched alkanes of at least 4 members (excludes halogenated alkanes) is 1. The predicted octanol–water partition coefficient (Wildman–Crippen LogP) is 5.78. The molecule has 0 aliphatic carbocycles. The van der Waals surface area contributed by atoms with Crippen molar-refractivity contribution in [3.63, 3.8) is 0 Å². The number of ether oxygens (including phenoxy) is 1. The molecule has 1 heterocycles. The van der Waals surface area contributed by atoms with Gasteiger partial charge in [-0.3, -0.25) is 4.99 Å². The predicted molar refractivity (Wildman–Crippen MR) is 111 cm³/mol. The van der Waals surface area contributed by atoms with E-state index in [-0.39, 0.29) is 0 Å². The second-order valence-corrected chi connectivity index (χ2v) is 7.00. The monoisotopic (exact) mass is 350 g/mol. The maximum atomic E-state index is 5.61. The fourth-order valence-electron chi connectivity index (χ4n) is 3.43. The maximum Gasteiger partial charge on any atom is 0.129 e. The number of piperidine rings is 1. The molecular formula is C23H30N2O. The van der Waals surface area contributed by atoms with E-state index in [1.807, 2.05) is 6.21 Å². The number of nitrogens with zero attached hydrogens (tertiary/aromatic N) is 2. The molecule has 0 aromatic heterocycles. The van der Waals surface area contributed by atoms with Crippen LogP contribution in [0.4, 0.5) is 11.4 Å². The molecule has 0 bridgehead atoms. The van der Waals surface area contributed by atoms with Crippen molar-refractivity contribution in [2.24, 2.45) is 4.99 Å². The summed E-state index contributed by atoms with van der Waals surface area (Å²) >= 11 is 0. The summed E-state index contributed by atoms with van der Waals surface area (Å²) < 4.78 is 5.61. The Labute approximate surface area is 157 Å². The third kappa shape index (κ3) is 4.87. The highest BCUT2D eigenvalue weighted by Crippen LogP contribution is 2.27. The van der Waals surface area contributed by atoms with Crippen LogP contribution in [0.5, 0.6) is 5.75 Å². The Kier molecular flexibility index (Phi) is 6.70. The Morgan fingerprint density at radius 3 is 2.50 bits per heavy atom. The number of methoxy groups -OCH3 is 1. The van der Waals surface area contributed by atoms with E-state index in [2.05, 4.69) is 59.3 Å². The van der Waals surface area contributed by atoms with Crippen molar-refractivity contribution in [2.45, 2.75) is 45.4 Å². The third-order valence-electron chi connectivity index (χ3n) is 5.05. The van der Waals surface area contributed by atoms with Gasteiger partial charge in [0.05, 0.1) is 12.8 Å². The van der Waals surface area contributed by atoms with Gasteiger partial charge in [-0.05, 0) is 61.9 Å². The summed E-state index contributed by atoms with van der Waals surface area (Å²) in [6, 6.07) is 15.0. The van der Waals surface area contributed by atoms with E-state index >= 15 is 0 Å². The number of anilines is 1. The highest BCUT2D eigenvalue weighted by molar-refractivity contribution is 5.86.